The highest BCUT2D eigenvalue weighted by atomic mass is 19.1. The first-order valence-corrected chi connectivity index (χ1v) is 6.32. The van der Waals surface area contributed by atoms with Crippen molar-refractivity contribution in [2.45, 2.75) is 6.92 Å². The Morgan fingerprint density at radius 3 is 3.00 bits per heavy atom. The Kier molecular flexibility index (Phi) is 4.32. The van der Waals surface area contributed by atoms with Gasteiger partial charge in [0.1, 0.15) is 5.82 Å². The highest BCUT2D eigenvalue weighted by molar-refractivity contribution is 5.91. The van der Waals surface area contributed by atoms with Crippen LogP contribution in [0.5, 0.6) is 0 Å². The van der Waals surface area contributed by atoms with Crippen molar-refractivity contribution in [3.05, 3.63) is 48.8 Å². The van der Waals surface area contributed by atoms with Gasteiger partial charge >= 0.3 is 6.03 Å². The van der Waals surface area contributed by atoms with Crippen LogP contribution in [-0.2, 0) is 0 Å². The topological polar surface area (TPSA) is 63.1 Å². The second-order valence-corrected chi connectivity index (χ2v) is 4.44. The van der Waals surface area contributed by atoms with Crippen molar-refractivity contribution < 1.29 is 9.18 Å². The van der Waals surface area contributed by atoms with Crippen LogP contribution in [0, 0.1) is 12.7 Å². The van der Waals surface area contributed by atoms with Crippen molar-refractivity contribution in [2.75, 3.05) is 18.5 Å². The van der Waals surface area contributed by atoms with E-state index < -0.39 is 5.82 Å². The summed E-state index contributed by atoms with van der Waals surface area (Å²) in [4.78, 5) is 17.1. The predicted molar refractivity (Wildman–Crippen MR) is 78.1 cm³/mol. The second kappa shape index (κ2) is 6.17. The fraction of sp³-hybridized carbons (Fsp3) is 0.214. The average Bonchev–Trinajstić information content (AvgIpc) is 2.86. The number of rotatable bonds is 4. The smallest absolute Gasteiger partial charge is 0.321 e. The van der Waals surface area contributed by atoms with E-state index in [9.17, 15) is 9.18 Å². The zero-order valence-corrected chi connectivity index (χ0v) is 11.9. The van der Waals surface area contributed by atoms with E-state index in [1.165, 1.54) is 21.8 Å². The second-order valence-electron chi connectivity index (χ2n) is 4.44. The fourth-order valence-electron chi connectivity index (χ4n) is 1.83. The molecule has 2 rings (SSSR count). The average molecular weight is 289 g/mol. The molecule has 2 amide bonds. The molecule has 0 saturated heterocycles. The lowest BCUT2D eigenvalue weighted by molar-refractivity contribution is 0.248. The minimum Gasteiger partial charge on any atom is -0.334 e. The summed E-state index contributed by atoms with van der Waals surface area (Å²) < 4.78 is 14.7. The molecule has 0 atom stereocenters. The van der Waals surface area contributed by atoms with Crippen LogP contribution in [0.3, 0.4) is 0 Å². The van der Waals surface area contributed by atoms with Crippen LogP contribution in [-0.4, -0.2) is 34.4 Å². The third-order valence-corrected chi connectivity index (χ3v) is 2.89. The van der Waals surface area contributed by atoms with E-state index in [1.807, 2.05) is 0 Å². The van der Waals surface area contributed by atoms with E-state index in [2.05, 4.69) is 22.0 Å². The van der Waals surface area contributed by atoms with Gasteiger partial charge in [0, 0.05) is 19.7 Å². The van der Waals surface area contributed by atoms with Crippen molar-refractivity contribution in [3.8, 4) is 5.69 Å². The largest absolute Gasteiger partial charge is 0.334 e. The Bertz CT molecular complexity index is 667. The monoisotopic (exact) mass is 289 g/mol. The number of carbonyl (C=O) groups is 1. The third-order valence-electron chi connectivity index (χ3n) is 2.89. The third kappa shape index (κ3) is 3.25. The lowest BCUT2D eigenvalue weighted by Crippen LogP contribution is -2.37. The van der Waals surface area contributed by atoms with Crippen LogP contribution in [0.4, 0.5) is 14.9 Å². The molecule has 0 aliphatic carbocycles. The van der Waals surface area contributed by atoms with Gasteiger partial charge in [-0.2, -0.15) is 5.10 Å². The number of hydrogen-bond acceptors (Lipinski definition) is 3. The molecule has 0 aliphatic rings. The normalized spacial score (nSPS) is 10.2. The van der Waals surface area contributed by atoms with Crippen LogP contribution in [0.25, 0.3) is 5.69 Å². The molecule has 2 aromatic rings. The molecule has 0 fully saturated rings. The molecule has 0 radical (unpaired) electrons. The molecule has 7 heteroatoms. The SMILES string of the molecule is C=CCNC(=O)N(C)c1cn(-c2cncc(F)c2)nc1C. The van der Waals surface area contributed by atoms with E-state index in [0.29, 0.717) is 23.6 Å². The summed E-state index contributed by atoms with van der Waals surface area (Å²) in [6, 6.07) is 1.05. The quantitative estimate of drug-likeness (QED) is 0.876. The summed E-state index contributed by atoms with van der Waals surface area (Å²) in [6.07, 6.45) is 5.87. The molecule has 2 aromatic heterocycles. The number of aryl methyl sites for hydroxylation is 1. The number of urea groups is 1. The van der Waals surface area contributed by atoms with E-state index in [-0.39, 0.29) is 6.03 Å². The van der Waals surface area contributed by atoms with Crippen molar-refractivity contribution in [3.63, 3.8) is 0 Å². The zero-order chi connectivity index (χ0) is 15.4. The number of aromatic nitrogens is 3. The lowest BCUT2D eigenvalue weighted by Gasteiger charge is -2.16. The number of halogens is 1. The van der Waals surface area contributed by atoms with Crippen LogP contribution < -0.4 is 10.2 Å². The van der Waals surface area contributed by atoms with Crippen molar-refractivity contribution >= 4 is 11.7 Å². The summed E-state index contributed by atoms with van der Waals surface area (Å²) in [6.45, 7) is 5.69. The summed E-state index contributed by atoms with van der Waals surface area (Å²) >= 11 is 0. The predicted octanol–water partition coefficient (Wildman–Crippen LogP) is 2.05. The van der Waals surface area contributed by atoms with Gasteiger partial charge in [-0.25, -0.2) is 13.9 Å². The first kappa shape index (κ1) is 14.7. The first-order chi connectivity index (χ1) is 10.0. The van der Waals surface area contributed by atoms with E-state index >= 15 is 0 Å². The van der Waals surface area contributed by atoms with Crippen molar-refractivity contribution in [1.82, 2.24) is 20.1 Å². The Labute approximate surface area is 121 Å². The number of amides is 2. The Morgan fingerprint density at radius 1 is 1.57 bits per heavy atom. The molecular weight excluding hydrogens is 273 g/mol. The van der Waals surface area contributed by atoms with Crippen molar-refractivity contribution in [2.24, 2.45) is 0 Å². The molecule has 0 aromatic carbocycles. The molecule has 1 N–H and O–H groups in total. The van der Waals surface area contributed by atoms with Gasteiger partial charge in [0.05, 0.1) is 35.7 Å². The number of pyridine rings is 1. The van der Waals surface area contributed by atoms with Gasteiger partial charge < -0.3 is 5.32 Å². The molecular formula is C14H16FN5O. The summed E-state index contributed by atoms with van der Waals surface area (Å²) in [7, 11) is 1.64. The molecule has 0 bridgehead atoms. The molecule has 0 saturated carbocycles. The first-order valence-electron chi connectivity index (χ1n) is 6.32. The summed E-state index contributed by atoms with van der Waals surface area (Å²) in [5.74, 6) is -0.445. The fourth-order valence-corrected chi connectivity index (χ4v) is 1.83. The van der Waals surface area contributed by atoms with Gasteiger partial charge in [-0.05, 0) is 6.92 Å². The Morgan fingerprint density at radius 2 is 2.33 bits per heavy atom. The Balaban J connectivity index is 2.27. The van der Waals surface area contributed by atoms with Crippen LogP contribution in [0.1, 0.15) is 5.69 Å². The van der Waals surface area contributed by atoms with Crippen molar-refractivity contribution in [1.29, 1.82) is 0 Å². The molecule has 0 spiro atoms. The molecule has 0 unspecified atom stereocenters. The summed E-state index contributed by atoms with van der Waals surface area (Å²) in [5.41, 5.74) is 1.76. The standard InChI is InChI=1S/C14H16FN5O/c1-4-5-17-14(21)19(3)13-9-20(18-10(13)2)12-6-11(15)7-16-8-12/h4,6-9H,1,5H2,2-3H3,(H,17,21). The van der Waals surface area contributed by atoms with E-state index in [4.69, 9.17) is 0 Å². The highest BCUT2D eigenvalue weighted by Crippen LogP contribution is 2.20. The lowest BCUT2D eigenvalue weighted by atomic mass is 10.3. The number of hydrogen-bond donors (Lipinski definition) is 1. The van der Waals surface area contributed by atoms with Crippen LogP contribution in [0.2, 0.25) is 0 Å². The van der Waals surface area contributed by atoms with Gasteiger partial charge in [0.25, 0.3) is 0 Å². The number of carbonyl (C=O) groups excluding carboxylic acids is 1. The van der Waals surface area contributed by atoms with Gasteiger partial charge in [-0.15, -0.1) is 6.58 Å². The number of anilines is 1. The maximum Gasteiger partial charge on any atom is 0.321 e. The van der Waals surface area contributed by atoms with Gasteiger partial charge in [0.2, 0.25) is 0 Å². The van der Waals surface area contributed by atoms with E-state index in [0.717, 1.165) is 6.20 Å². The van der Waals surface area contributed by atoms with Crippen LogP contribution >= 0.6 is 0 Å². The van der Waals surface area contributed by atoms with Gasteiger partial charge in [-0.3, -0.25) is 9.88 Å². The molecule has 2 heterocycles. The van der Waals surface area contributed by atoms with Crippen LogP contribution in [0.15, 0.2) is 37.3 Å². The minimum absolute atomic E-state index is 0.269. The molecule has 21 heavy (non-hydrogen) atoms. The maximum atomic E-state index is 13.2. The summed E-state index contributed by atoms with van der Waals surface area (Å²) in [5, 5.41) is 6.95. The number of nitrogens with zero attached hydrogens (tertiary/aromatic N) is 4. The van der Waals surface area contributed by atoms with Gasteiger partial charge in [0.15, 0.2) is 0 Å². The van der Waals surface area contributed by atoms with Gasteiger partial charge in [-0.1, -0.05) is 6.08 Å². The zero-order valence-electron chi connectivity index (χ0n) is 11.9. The highest BCUT2D eigenvalue weighted by Gasteiger charge is 2.16. The van der Waals surface area contributed by atoms with E-state index in [1.54, 1.807) is 26.2 Å². The Hall–Kier alpha value is -2.70. The minimum atomic E-state index is -0.445. The molecule has 0 aliphatic heterocycles. The molecule has 6 nitrogen and oxygen atoms in total. The molecule has 110 valence electrons. The number of nitrogens with one attached hydrogen (secondary N) is 1. The maximum absolute atomic E-state index is 13.2.